The fourth-order valence-corrected chi connectivity index (χ4v) is 1.94. The number of hydrogen-bond donors (Lipinski definition) is 1. The predicted octanol–water partition coefficient (Wildman–Crippen LogP) is 3.22. The first-order valence-corrected chi connectivity index (χ1v) is 6.21. The molecule has 2 N–H and O–H groups in total. The molecular weight excluding hydrogens is 234 g/mol. The van der Waals surface area contributed by atoms with Crippen molar-refractivity contribution in [3.63, 3.8) is 0 Å². The minimum Gasteiger partial charge on any atom is -0.366 e. The van der Waals surface area contributed by atoms with Crippen LogP contribution in [0.15, 0.2) is 54.6 Å². The molecule has 2 rings (SSSR count). The van der Waals surface area contributed by atoms with Crippen LogP contribution in [0.4, 0.5) is 0 Å². The van der Waals surface area contributed by atoms with Gasteiger partial charge in [-0.25, -0.2) is 0 Å². The van der Waals surface area contributed by atoms with E-state index in [2.05, 4.69) is 0 Å². The zero-order valence-corrected chi connectivity index (χ0v) is 11.2. The average Bonchev–Trinajstić information content (AvgIpc) is 2.38. The summed E-state index contributed by atoms with van der Waals surface area (Å²) in [5.74, 6) is -0.434. The Kier molecular flexibility index (Phi) is 3.81. The monoisotopic (exact) mass is 251 g/mol. The normalized spacial score (nSPS) is 10.0. The maximum absolute atomic E-state index is 11.2. The molecular formula is C17H17NO. The van der Waals surface area contributed by atoms with Crippen LogP contribution in [-0.2, 0) is 4.79 Å². The van der Waals surface area contributed by atoms with Crippen molar-refractivity contribution in [2.75, 3.05) is 0 Å². The molecule has 1 amide bonds. The highest BCUT2D eigenvalue weighted by atomic mass is 16.1. The molecule has 0 bridgehead atoms. The van der Waals surface area contributed by atoms with Crippen molar-refractivity contribution in [2.24, 2.45) is 5.73 Å². The minimum atomic E-state index is -0.434. The van der Waals surface area contributed by atoms with E-state index in [4.69, 9.17) is 5.73 Å². The average molecular weight is 251 g/mol. The number of carbonyl (C=O) groups excluding carboxylic acids is 1. The van der Waals surface area contributed by atoms with Gasteiger partial charge in [-0.3, -0.25) is 4.79 Å². The van der Waals surface area contributed by atoms with E-state index in [-0.39, 0.29) is 0 Å². The Morgan fingerprint density at radius 1 is 0.842 bits per heavy atom. The molecule has 2 heteroatoms. The number of hydrogen-bond acceptors (Lipinski definition) is 1. The lowest BCUT2D eigenvalue weighted by atomic mass is 9.96. The number of rotatable bonds is 3. The summed E-state index contributed by atoms with van der Waals surface area (Å²) in [6, 6.07) is 16.1. The van der Waals surface area contributed by atoms with Gasteiger partial charge < -0.3 is 5.73 Å². The van der Waals surface area contributed by atoms with E-state index in [0.717, 1.165) is 16.7 Å². The molecule has 2 aromatic rings. The maximum Gasteiger partial charge on any atom is 0.242 e. The summed E-state index contributed by atoms with van der Waals surface area (Å²) in [6.45, 7) is 4.07. The van der Waals surface area contributed by atoms with Crippen molar-refractivity contribution < 1.29 is 4.79 Å². The van der Waals surface area contributed by atoms with E-state index in [9.17, 15) is 4.79 Å². The van der Waals surface area contributed by atoms with Crippen LogP contribution in [0.5, 0.6) is 0 Å². The maximum atomic E-state index is 11.2. The molecule has 0 aromatic heterocycles. The van der Waals surface area contributed by atoms with Gasteiger partial charge in [0.15, 0.2) is 0 Å². The molecule has 0 saturated carbocycles. The van der Waals surface area contributed by atoms with E-state index in [0.29, 0.717) is 0 Å². The molecule has 96 valence electrons. The Bertz CT molecular complexity index is 559. The summed E-state index contributed by atoms with van der Waals surface area (Å²) >= 11 is 0. The summed E-state index contributed by atoms with van der Waals surface area (Å²) in [6.07, 6.45) is 1.48. The third-order valence-corrected chi connectivity index (χ3v) is 3.01. The van der Waals surface area contributed by atoms with Crippen molar-refractivity contribution in [3.05, 3.63) is 76.9 Å². The number of amides is 1. The molecule has 0 spiro atoms. The van der Waals surface area contributed by atoms with Crippen LogP contribution in [0, 0.1) is 13.8 Å². The van der Waals surface area contributed by atoms with Gasteiger partial charge in [0.2, 0.25) is 5.91 Å². The Morgan fingerprint density at radius 3 is 1.53 bits per heavy atom. The zero-order valence-electron chi connectivity index (χ0n) is 11.2. The third kappa shape index (κ3) is 3.32. The molecule has 0 atom stereocenters. The van der Waals surface area contributed by atoms with Crippen molar-refractivity contribution >= 4 is 11.5 Å². The van der Waals surface area contributed by atoms with Gasteiger partial charge in [-0.1, -0.05) is 59.7 Å². The molecule has 19 heavy (non-hydrogen) atoms. The first kappa shape index (κ1) is 13.1. The number of nitrogens with two attached hydrogens (primary N) is 1. The molecule has 0 aliphatic heterocycles. The quantitative estimate of drug-likeness (QED) is 0.836. The summed E-state index contributed by atoms with van der Waals surface area (Å²) in [4.78, 5) is 11.2. The largest absolute Gasteiger partial charge is 0.366 e. The van der Waals surface area contributed by atoms with Crippen molar-refractivity contribution in [3.8, 4) is 0 Å². The smallest absolute Gasteiger partial charge is 0.242 e. The highest BCUT2D eigenvalue weighted by Crippen LogP contribution is 2.24. The van der Waals surface area contributed by atoms with Crippen molar-refractivity contribution in [2.45, 2.75) is 13.8 Å². The van der Waals surface area contributed by atoms with Gasteiger partial charge >= 0.3 is 0 Å². The number of primary amides is 1. The lowest BCUT2D eigenvalue weighted by Crippen LogP contribution is -2.07. The topological polar surface area (TPSA) is 43.1 Å². The van der Waals surface area contributed by atoms with Gasteiger partial charge in [-0.15, -0.1) is 0 Å². The van der Waals surface area contributed by atoms with E-state index >= 15 is 0 Å². The van der Waals surface area contributed by atoms with E-state index in [1.165, 1.54) is 17.2 Å². The fourth-order valence-electron chi connectivity index (χ4n) is 1.94. The lowest BCUT2D eigenvalue weighted by Gasteiger charge is -2.09. The SMILES string of the molecule is Cc1ccc(C(=CC(N)=O)c2ccc(C)cc2)cc1. The third-order valence-electron chi connectivity index (χ3n) is 3.01. The van der Waals surface area contributed by atoms with E-state index in [1.54, 1.807) is 0 Å². The van der Waals surface area contributed by atoms with Crippen molar-refractivity contribution in [1.29, 1.82) is 0 Å². The predicted molar refractivity (Wildman–Crippen MR) is 78.6 cm³/mol. The van der Waals surface area contributed by atoms with Gasteiger partial charge in [0, 0.05) is 6.08 Å². The Morgan fingerprint density at radius 2 is 1.21 bits per heavy atom. The second-order valence-corrected chi connectivity index (χ2v) is 4.69. The fraction of sp³-hybridized carbons (Fsp3) is 0.118. The van der Waals surface area contributed by atoms with E-state index in [1.807, 2.05) is 62.4 Å². The number of aryl methyl sites for hydroxylation is 2. The molecule has 2 aromatic carbocycles. The van der Waals surface area contributed by atoms with Gasteiger partial charge in [-0.2, -0.15) is 0 Å². The van der Waals surface area contributed by atoms with Crippen molar-refractivity contribution in [1.82, 2.24) is 0 Å². The zero-order chi connectivity index (χ0) is 13.8. The second-order valence-electron chi connectivity index (χ2n) is 4.69. The molecule has 2 nitrogen and oxygen atoms in total. The van der Waals surface area contributed by atoms with Gasteiger partial charge in [0.1, 0.15) is 0 Å². The molecule has 0 saturated heterocycles. The Hall–Kier alpha value is -2.35. The standard InChI is InChI=1S/C17H17NO/c1-12-3-7-14(8-4-12)16(11-17(18)19)15-9-5-13(2)6-10-15/h3-11H,1-2H3,(H2,18,19). The molecule has 0 aliphatic rings. The Balaban J connectivity index is 2.50. The second kappa shape index (κ2) is 5.53. The lowest BCUT2D eigenvalue weighted by molar-refractivity contribution is -0.113. The van der Waals surface area contributed by atoms with E-state index < -0.39 is 5.91 Å². The summed E-state index contributed by atoms with van der Waals surface area (Å²) in [5.41, 5.74) is 10.5. The molecule has 0 fully saturated rings. The van der Waals surface area contributed by atoms with Crippen LogP contribution in [0.3, 0.4) is 0 Å². The van der Waals surface area contributed by atoms with Crippen LogP contribution < -0.4 is 5.73 Å². The van der Waals surface area contributed by atoms with Crippen LogP contribution >= 0.6 is 0 Å². The van der Waals surface area contributed by atoms with Crippen LogP contribution in [0.1, 0.15) is 22.3 Å². The summed E-state index contributed by atoms with van der Waals surface area (Å²) in [7, 11) is 0. The number of carbonyl (C=O) groups is 1. The Labute approximate surface area is 113 Å². The van der Waals surface area contributed by atoms with Crippen LogP contribution in [0.2, 0.25) is 0 Å². The first-order valence-electron chi connectivity index (χ1n) is 6.21. The number of benzene rings is 2. The molecule has 0 aliphatic carbocycles. The minimum absolute atomic E-state index is 0.434. The van der Waals surface area contributed by atoms with Gasteiger partial charge in [-0.05, 0) is 30.5 Å². The molecule has 0 heterocycles. The first-order chi connectivity index (χ1) is 9.06. The highest BCUT2D eigenvalue weighted by molar-refractivity contribution is 5.98. The van der Waals surface area contributed by atoms with Gasteiger partial charge in [0.25, 0.3) is 0 Å². The summed E-state index contributed by atoms with van der Waals surface area (Å²) in [5, 5.41) is 0. The molecule has 0 radical (unpaired) electrons. The van der Waals surface area contributed by atoms with Gasteiger partial charge in [0.05, 0.1) is 0 Å². The summed E-state index contributed by atoms with van der Waals surface area (Å²) < 4.78 is 0. The molecule has 0 unspecified atom stereocenters. The van der Waals surface area contributed by atoms with Crippen LogP contribution in [0.25, 0.3) is 5.57 Å². The highest BCUT2D eigenvalue weighted by Gasteiger charge is 2.06. The van der Waals surface area contributed by atoms with Crippen LogP contribution in [-0.4, -0.2) is 5.91 Å².